The summed E-state index contributed by atoms with van der Waals surface area (Å²) in [5.41, 5.74) is 0.442. The Hall–Kier alpha value is -1.14. The standard InChI is InChI=1S/C12H22N4O2/c1-13-11(18)15-10(17)2-6-16-7-4-12(9-16)3-5-14-8-12/h14H,2-9H2,1H3,(H2,13,15,17,18). The van der Waals surface area contributed by atoms with Crippen molar-refractivity contribution in [1.82, 2.24) is 20.9 Å². The van der Waals surface area contributed by atoms with Crippen LogP contribution in [0.15, 0.2) is 0 Å². The number of imide groups is 1. The number of urea groups is 1. The van der Waals surface area contributed by atoms with Crippen molar-refractivity contribution >= 4 is 11.9 Å². The molecular weight excluding hydrogens is 232 g/mol. The smallest absolute Gasteiger partial charge is 0.321 e. The Balaban J connectivity index is 1.69. The summed E-state index contributed by atoms with van der Waals surface area (Å²) in [7, 11) is 1.50. The lowest BCUT2D eigenvalue weighted by molar-refractivity contribution is -0.120. The summed E-state index contributed by atoms with van der Waals surface area (Å²) in [5.74, 6) is -0.208. The maximum atomic E-state index is 11.5. The number of carbonyl (C=O) groups excluding carboxylic acids is 2. The van der Waals surface area contributed by atoms with Gasteiger partial charge in [0.25, 0.3) is 0 Å². The van der Waals surface area contributed by atoms with Crippen LogP contribution in [0.4, 0.5) is 4.79 Å². The van der Waals surface area contributed by atoms with Gasteiger partial charge < -0.3 is 15.5 Å². The highest BCUT2D eigenvalue weighted by molar-refractivity contribution is 5.94. The normalized spacial score (nSPS) is 27.6. The van der Waals surface area contributed by atoms with E-state index in [2.05, 4.69) is 20.9 Å². The highest BCUT2D eigenvalue weighted by Gasteiger charge is 2.39. The van der Waals surface area contributed by atoms with Crippen LogP contribution in [-0.2, 0) is 4.79 Å². The number of rotatable bonds is 3. The molecule has 1 atom stereocenters. The summed E-state index contributed by atoms with van der Waals surface area (Å²) >= 11 is 0. The van der Waals surface area contributed by atoms with E-state index in [0.717, 1.165) is 32.7 Å². The molecule has 2 aliphatic heterocycles. The van der Waals surface area contributed by atoms with Gasteiger partial charge in [0.05, 0.1) is 0 Å². The van der Waals surface area contributed by atoms with Gasteiger partial charge in [-0.3, -0.25) is 10.1 Å². The van der Waals surface area contributed by atoms with Crippen molar-refractivity contribution in [1.29, 1.82) is 0 Å². The molecule has 2 saturated heterocycles. The van der Waals surface area contributed by atoms with Crippen LogP contribution in [0.2, 0.25) is 0 Å². The van der Waals surface area contributed by atoms with Crippen molar-refractivity contribution in [2.24, 2.45) is 5.41 Å². The minimum Gasteiger partial charge on any atom is -0.341 e. The van der Waals surface area contributed by atoms with Gasteiger partial charge in [0.15, 0.2) is 0 Å². The fraction of sp³-hybridized carbons (Fsp3) is 0.833. The van der Waals surface area contributed by atoms with E-state index in [9.17, 15) is 9.59 Å². The van der Waals surface area contributed by atoms with E-state index in [1.54, 1.807) is 0 Å². The van der Waals surface area contributed by atoms with Crippen LogP contribution in [0.5, 0.6) is 0 Å². The Morgan fingerprint density at radius 3 is 2.89 bits per heavy atom. The summed E-state index contributed by atoms with van der Waals surface area (Å²) in [4.78, 5) is 24.8. The molecule has 0 aromatic carbocycles. The van der Waals surface area contributed by atoms with Crippen molar-refractivity contribution in [2.45, 2.75) is 19.3 Å². The average molecular weight is 254 g/mol. The zero-order valence-electron chi connectivity index (χ0n) is 10.9. The minimum atomic E-state index is -0.433. The molecule has 0 aliphatic carbocycles. The van der Waals surface area contributed by atoms with E-state index < -0.39 is 6.03 Å². The number of likely N-dealkylation sites (tertiary alicyclic amines) is 1. The van der Waals surface area contributed by atoms with Gasteiger partial charge in [0, 0.05) is 33.1 Å². The first-order valence-corrected chi connectivity index (χ1v) is 6.58. The Bertz CT molecular complexity index is 326. The number of hydrogen-bond acceptors (Lipinski definition) is 4. The van der Waals surface area contributed by atoms with E-state index in [1.807, 2.05) is 0 Å². The molecule has 3 N–H and O–H groups in total. The quantitative estimate of drug-likeness (QED) is 0.636. The number of nitrogens with one attached hydrogen (secondary N) is 3. The lowest BCUT2D eigenvalue weighted by Gasteiger charge is -2.22. The van der Waals surface area contributed by atoms with E-state index >= 15 is 0 Å². The van der Waals surface area contributed by atoms with Crippen molar-refractivity contribution in [2.75, 3.05) is 39.8 Å². The topological polar surface area (TPSA) is 73.5 Å². The molecule has 0 aromatic heterocycles. The Kier molecular flexibility index (Phi) is 4.19. The first-order chi connectivity index (χ1) is 8.63. The minimum absolute atomic E-state index is 0.208. The van der Waals surface area contributed by atoms with Gasteiger partial charge >= 0.3 is 6.03 Å². The van der Waals surface area contributed by atoms with E-state index in [0.29, 0.717) is 11.8 Å². The lowest BCUT2D eigenvalue weighted by Crippen LogP contribution is -2.39. The number of amides is 3. The zero-order chi connectivity index (χ0) is 13.0. The van der Waals surface area contributed by atoms with E-state index in [-0.39, 0.29) is 5.91 Å². The SMILES string of the molecule is CNC(=O)NC(=O)CCN1CCC2(CCNC2)C1. The van der Waals surface area contributed by atoms with Gasteiger partial charge in [-0.15, -0.1) is 0 Å². The van der Waals surface area contributed by atoms with Crippen LogP contribution >= 0.6 is 0 Å². The number of hydrogen-bond donors (Lipinski definition) is 3. The molecule has 1 unspecified atom stereocenters. The summed E-state index contributed by atoms with van der Waals surface area (Å²) in [6.45, 7) is 5.10. The van der Waals surface area contributed by atoms with Gasteiger partial charge in [-0.1, -0.05) is 0 Å². The maximum Gasteiger partial charge on any atom is 0.321 e. The Labute approximate surface area is 107 Å². The third-order valence-electron chi connectivity index (χ3n) is 3.98. The van der Waals surface area contributed by atoms with Gasteiger partial charge in [-0.2, -0.15) is 0 Å². The second-order valence-corrected chi connectivity index (χ2v) is 5.33. The van der Waals surface area contributed by atoms with Gasteiger partial charge in [-0.25, -0.2) is 4.79 Å². The molecule has 2 fully saturated rings. The van der Waals surface area contributed by atoms with Crippen molar-refractivity contribution < 1.29 is 9.59 Å². The second-order valence-electron chi connectivity index (χ2n) is 5.33. The molecule has 0 aromatic rings. The molecular formula is C12H22N4O2. The molecule has 18 heavy (non-hydrogen) atoms. The predicted octanol–water partition coefficient (Wildman–Crippen LogP) is -0.482. The summed E-state index contributed by atoms with van der Waals surface area (Å²) < 4.78 is 0. The van der Waals surface area contributed by atoms with Crippen LogP contribution in [0, 0.1) is 5.41 Å². The lowest BCUT2D eigenvalue weighted by atomic mass is 9.87. The Morgan fingerprint density at radius 2 is 2.22 bits per heavy atom. The molecule has 2 rings (SSSR count). The summed E-state index contributed by atoms with van der Waals surface area (Å²) in [6, 6.07) is -0.433. The van der Waals surface area contributed by atoms with Crippen LogP contribution in [-0.4, -0.2) is 56.6 Å². The predicted molar refractivity (Wildman–Crippen MR) is 68.2 cm³/mol. The fourth-order valence-corrected chi connectivity index (χ4v) is 2.87. The second kappa shape index (κ2) is 5.67. The van der Waals surface area contributed by atoms with Crippen LogP contribution in [0.1, 0.15) is 19.3 Å². The first kappa shape index (κ1) is 13.3. The average Bonchev–Trinajstić information content (AvgIpc) is 2.98. The van der Waals surface area contributed by atoms with Crippen molar-refractivity contribution in [3.63, 3.8) is 0 Å². The van der Waals surface area contributed by atoms with Gasteiger partial charge in [-0.05, 0) is 31.3 Å². The molecule has 0 radical (unpaired) electrons. The molecule has 6 heteroatoms. The molecule has 6 nitrogen and oxygen atoms in total. The van der Waals surface area contributed by atoms with Gasteiger partial charge in [0.2, 0.25) is 5.91 Å². The first-order valence-electron chi connectivity index (χ1n) is 6.58. The van der Waals surface area contributed by atoms with Crippen molar-refractivity contribution in [3.05, 3.63) is 0 Å². The maximum absolute atomic E-state index is 11.5. The molecule has 2 aliphatic rings. The van der Waals surface area contributed by atoms with E-state index in [1.165, 1.54) is 19.9 Å². The largest absolute Gasteiger partial charge is 0.341 e. The van der Waals surface area contributed by atoms with E-state index in [4.69, 9.17) is 0 Å². The summed E-state index contributed by atoms with van der Waals surface area (Å²) in [6.07, 6.45) is 2.85. The van der Waals surface area contributed by atoms with Crippen LogP contribution in [0.3, 0.4) is 0 Å². The summed E-state index contributed by atoms with van der Waals surface area (Å²) in [5, 5.41) is 8.07. The molecule has 0 saturated carbocycles. The number of carbonyl (C=O) groups is 2. The number of nitrogens with zero attached hydrogens (tertiary/aromatic N) is 1. The van der Waals surface area contributed by atoms with Crippen LogP contribution < -0.4 is 16.0 Å². The van der Waals surface area contributed by atoms with Crippen LogP contribution in [0.25, 0.3) is 0 Å². The highest BCUT2D eigenvalue weighted by Crippen LogP contribution is 2.35. The Morgan fingerprint density at radius 1 is 1.39 bits per heavy atom. The third-order valence-corrected chi connectivity index (χ3v) is 3.98. The van der Waals surface area contributed by atoms with Gasteiger partial charge in [0.1, 0.15) is 0 Å². The zero-order valence-corrected chi connectivity index (χ0v) is 10.9. The van der Waals surface area contributed by atoms with Crippen molar-refractivity contribution in [3.8, 4) is 0 Å². The fourth-order valence-electron chi connectivity index (χ4n) is 2.87. The molecule has 0 bridgehead atoms. The highest BCUT2D eigenvalue weighted by atomic mass is 16.2. The molecule has 1 spiro atoms. The molecule has 3 amide bonds. The molecule has 2 heterocycles. The third kappa shape index (κ3) is 3.20. The molecule has 102 valence electrons. The monoisotopic (exact) mass is 254 g/mol.